The maximum absolute atomic E-state index is 13.1. The van der Waals surface area contributed by atoms with Crippen molar-refractivity contribution in [3.05, 3.63) is 71.2 Å². The molecule has 0 spiro atoms. The van der Waals surface area contributed by atoms with E-state index in [2.05, 4.69) is 14.9 Å². The number of carbonyl (C=O) groups excluding carboxylic acids is 1. The predicted molar refractivity (Wildman–Crippen MR) is 128 cm³/mol. The van der Waals surface area contributed by atoms with Gasteiger partial charge in [-0.05, 0) is 74.2 Å². The zero-order chi connectivity index (χ0) is 24.0. The van der Waals surface area contributed by atoms with Crippen molar-refractivity contribution in [2.24, 2.45) is 0 Å². The molecule has 3 aromatic rings. The van der Waals surface area contributed by atoms with E-state index in [1.165, 1.54) is 12.1 Å². The predicted octanol–water partition coefficient (Wildman–Crippen LogP) is 4.38. The Morgan fingerprint density at radius 2 is 1.82 bits per heavy atom. The highest BCUT2D eigenvalue weighted by atomic mass is 32.2. The molecule has 0 atom stereocenters. The van der Waals surface area contributed by atoms with Crippen molar-refractivity contribution < 1.29 is 17.6 Å². The molecule has 2 N–H and O–H groups in total. The van der Waals surface area contributed by atoms with E-state index in [1.807, 2.05) is 6.07 Å². The Hall–Kier alpha value is -3.20. The number of sulfonamides is 1. The quantitative estimate of drug-likeness (QED) is 0.428. The van der Waals surface area contributed by atoms with E-state index in [-0.39, 0.29) is 11.7 Å². The third-order valence-corrected chi connectivity index (χ3v) is 5.93. The summed E-state index contributed by atoms with van der Waals surface area (Å²) in [7, 11) is -1.67. The van der Waals surface area contributed by atoms with E-state index in [0.717, 1.165) is 54.5 Å². The van der Waals surface area contributed by atoms with Gasteiger partial charge in [-0.3, -0.25) is 14.6 Å². The molecule has 0 radical (unpaired) electrons. The summed E-state index contributed by atoms with van der Waals surface area (Å²) in [5, 5.41) is 7.32. The number of aryl methyl sites for hydroxylation is 2. The van der Waals surface area contributed by atoms with Gasteiger partial charge in [0.05, 0.1) is 17.6 Å². The fourth-order valence-corrected chi connectivity index (χ4v) is 4.11. The first-order chi connectivity index (χ1) is 15.6. The van der Waals surface area contributed by atoms with Crippen LogP contribution in [0.3, 0.4) is 0 Å². The molecule has 33 heavy (non-hydrogen) atoms. The lowest BCUT2D eigenvalue weighted by Gasteiger charge is -2.18. The second kappa shape index (κ2) is 10.6. The van der Waals surface area contributed by atoms with Crippen molar-refractivity contribution >= 4 is 21.6 Å². The monoisotopic (exact) mass is 472 g/mol. The molecule has 0 fully saturated rings. The van der Waals surface area contributed by atoms with E-state index in [4.69, 9.17) is 0 Å². The van der Waals surface area contributed by atoms with Crippen LogP contribution in [-0.4, -0.2) is 49.3 Å². The van der Waals surface area contributed by atoms with Crippen LogP contribution >= 0.6 is 0 Å². The van der Waals surface area contributed by atoms with Crippen LogP contribution in [0.5, 0.6) is 0 Å². The average molecular weight is 473 g/mol. The summed E-state index contributed by atoms with van der Waals surface area (Å²) in [5.74, 6) is -0.421. The summed E-state index contributed by atoms with van der Waals surface area (Å²) in [6, 6.07) is 13.2. The summed E-state index contributed by atoms with van der Waals surface area (Å²) in [5.41, 5.74) is 4.28. The van der Waals surface area contributed by atoms with Gasteiger partial charge in [-0.25, -0.2) is 12.8 Å². The van der Waals surface area contributed by atoms with Gasteiger partial charge in [0, 0.05) is 30.4 Å². The molecule has 0 saturated heterocycles. The lowest BCUT2D eigenvalue weighted by molar-refractivity contribution is 0.0792. The molecule has 176 valence electrons. The van der Waals surface area contributed by atoms with Gasteiger partial charge in [0.15, 0.2) is 0 Å². The maximum Gasteiger partial charge on any atom is 0.253 e. The largest absolute Gasteiger partial charge is 0.342 e. The average Bonchev–Trinajstić information content (AvgIpc) is 3.23. The Morgan fingerprint density at radius 1 is 1.09 bits per heavy atom. The minimum Gasteiger partial charge on any atom is -0.342 e. The van der Waals surface area contributed by atoms with Gasteiger partial charge in [0.25, 0.3) is 5.91 Å². The van der Waals surface area contributed by atoms with Crippen molar-refractivity contribution in [1.82, 2.24) is 15.1 Å². The van der Waals surface area contributed by atoms with Crippen molar-refractivity contribution in [3.8, 4) is 11.3 Å². The Bertz CT molecular complexity index is 1210. The molecule has 0 aliphatic rings. The molecule has 1 amide bonds. The van der Waals surface area contributed by atoms with Gasteiger partial charge in [-0.2, -0.15) is 5.10 Å². The molecule has 0 aliphatic heterocycles. The number of hydrogen-bond acceptors (Lipinski definition) is 4. The number of hydrogen-bond donors (Lipinski definition) is 2. The number of nitrogens with one attached hydrogen (secondary N) is 2. The highest BCUT2D eigenvalue weighted by Gasteiger charge is 2.14. The Morgan fingerprint density at radius 3 is 2.52 bits per heavy atom. The van der Waals surface area contributed by atoms with Crippen molar-refractivity contribution in [2.45, 2.75) is 32.6 Å². The smallest absolute Gasteiger partial charge is 0.253 e. The van der Waals surface area contributed by atoms with E-state index in [0.29, 0.717) is 17.8 Å². The van der Waals surface area contributed by atoms with E-state index in [9.17, 15) is 17.6 Å². The lowest BCUT2D eigenvalue weighted by atomic mass is 10.1. The number of carbonyl (C=O) groups is 1. The zero-order valence-corrected chi connectivity index (χ0v) is 19.9. The van der Waals surface area contributed by atoms with Crippen LogP contribution in [-0.2, 0) is 16.4 Å². The van der Waals surface area contributed by atoms with Crippen molar-refractivity contribution in [2.75, 3.05) is 24.6 Å². The minimum atomic E-state index is -3.42. The summed E-state index contributed by atoms with van der Waals surface area (Å²) in [6.45, 7) is 2.39. The van der Waals surface area contributed by atoms with Crippen LogP contribution in [0.25, 0.3) is 11.3 Å². The van der Waals surface area contributed by atoms with Crippen LogP contribution < -0.4 is 4.72 Å². The Balaban J connectivity index is 1.45. The molecule has 1 heterocycles. The number of H-pyrrole nitrogens is 1. The third-order valence-electron chi connectivity index (χ3n) is 5.34. The number of amides is 1. The number of unbranched alkanes of at least 4 members (excludes halogenated alkanes) is 2. The van der Waals surface area contributed by atoms with Gasteiger partial charge < -0.3 is 4.90 Å². The number of nitrogens with zero attached hydrogens (tertiary/aromatic N) is 2. The van der Waals surface area contributed by atoms with Crippen LogP contribution in [0, 0.1) is 12.7 Å². The van der Waals surface area contributed by atoms with Crippen LogP contribution in [0.1, 0.15) is 40.9 Å². The molecule has 0 aliphatic carbocycles. The second-order valence-corrected chi connectivity index (χ2v) is 9.98. The normalized spacial score (nSPS) is 11.4. The zero-order valence-electron chi connectivity index (χ0n) is 19.1. The fourth-order valence-electron chi connectivity index (χ4n) is 3.49. The van der Waals surface area contributed by atoms with Crippen molar-refractivity contribution in [3.63, 3.8) is 0 Å². The summed E-state index contributed by atoms with van der Waals surface area (Å²) < 4.78 is 38.6. The number of anilines is 1. The first-order valence-corrected chi connectivity index (χ1v) is 12.7. The molecule has 2 aromatic carbocycles. The van der Waals surface area contributed by atoms with Gasteiger partial charge in [0.2, 0.25) is 10.0 Å². The topological polar surface area (TPSA) is 95.2 Å². The molecular weight excluding hydrogens is 443 g/mol. The van der Waals surface area contributed by atoms with Gasteiger partial charge in [-0.1, -0.05) is 12.5 Å². The van der Waals surface area contributed by atoms with Crippen molar-refractivity contribution in [1.29, 1.82) is 0 Å². The van der Waals surface area contributed by atoms with E-state index < -0.39 is 10.0 Å². The molecule has 7 nitrogen and oxygen atoms in total. The minimum absolute atomic E-state index is 0.149. The Kier molecular flexibility index (Phi) is 7.86. The third kappa shape index (κ3) is 7.15. The number of benzene rings is 2. The molecule has 0 saturated carbocycles. The van der Waals surface area contributed by atoms with Crippen LogP contribution in [0.15, 0.2) is 48.5 Å². The van der Waals surface area contributed by atoms with Crippen LogP contribution in [0.2, 0.25) is 0 Å². The molecule has 0 unspecified atom stereocenters. The van der Waals surface area contributed by atoms with Gasteiger partial charge >= 0.3 is 0 Å². The molecule has 1 aromatic heterocycles. The second-order valence-electron chi connectivity index (χ2n) is 8.23. The highest BCUT2D eigenvalue weighted by Crippen LogP contribution is 2.20. The van der Waals surface area contributed by atoms with E-state index in [1.54, 1.807) is 49.2 Å². The molecule has 3 rings (SSSR count). The summed E-state index contributed by atoms with van der Waals surface area (Å²) in [6.07, 6.45) is 4.66. The fraction of sp³-hybridized carbons (Fsp3) is 0.333. The highest BCUT2D eigenvalue weighted by molar-refractivity contribution is 7.92. The SMILES string of the molecule is Cc1ccc(C(=O)N(C)CCCCCc2cc(-c3ccc(F)cc3)n[nH]2)cc1NS(C)(=O)=O. The molecule has 0 bridgehead atoms. The standard InChI is InChI=1S/C24H29FN4O3S/c1-17-8-9-19(15-22(17)28-33(3,31)32)24(30)29(2)14-6-4-5-7-21-16-23(27-26-21)18-10-12-20(25)13-11-18/h8-13,15-16,28H,4-7,14H2,1-3H3,(H,26,27). The van der Waals surface area contributed by atoms with Crippen LogP contribution in [0.4, 0.5) is 10.1 Å². The first-order valence-electron chi connectivity index (χ1n) is 10.8. The van der Waals surface area contributed by atoms with Gasteiger partial charge in [-0.15, -0.1) is 0 Å². The summed E-state index contributed by atoms with van der Waals surface area (Å²) in [4.78, 5) is 14.4. The number of aromatic nitrogens is 2. The Labute approximate surface area is 194 Å². The molecule has 9 heteroatoms. The maximum atomic E-state index is 13.1. The summed E-state index contributed by atoms with van der Waals surface area (Å²) >= 11 is 0. The number of halogens is 1. The van der Waals surface area contributed by atoms with E-state index >= 15 is 0 Å². The number of aromatic amines is 1. The van der Waals surface area contributed by atoms with Gasteiger partial charge in [0.1, 0.15) is 5.82 Å². The first kappa shape index (κ1) is 24.4. The molecular formula is C24H29FN4O3S. The number of rotatable bonds is 10. The lowest BCUT2D eigenvalue weighted by Crippen LogP contribution is -2.28.